The highest BCUT2D eigenvalue weighted by molar-refractivity contribution is 7.22. The highest BCUT2D eigenvalue weighted by Gasteiger charge is 2.30. The monoisotopic (exact) mass is 291 g/mol. The highest BCUT2D eigenvalue weighted by atomic mass is 32.1. The number of ether oxygens (including phenoxy) is 1. The molecule has 1 amide bonds. The second kappa shape index (κ2) is 5.38. The van der Waals surface area contributed by atoms with E-state index in [4.69, 9.17) is 10.5 Å². The molecular weight excluding hydrogens is 274 g/mol. The summed E-state index contributed by atoms with van der Waals surface area (Å²) in [5.74, 6) is 0.689. The summed E-state index contributed by atoms with van der Waals surface area (Å²) in [6.45, 7) is 0. The number of nitrogens with two attached hydrogens (primary N) is 1. The maximum absolute atomic E-state index is 12.2. The third-order valence-electron chi connectivity index (χ3n) is 3.73. The molecule has 0 saturated heterocycles. The predicted octanol–water partition coefficient (Wildman–Crippen LogP) is 2.37. The van der Waals surface area contributed by atoms with E-state index in [1.807, 2.05) is 18.2 Å². The van der Waals surface area contributed by atoms with Crippen molar-refractivity contribution < 1.29 is 9.53 Å². The summed E-state index contributed by atoms with van der Waals surface area (Å²) < 4.78 is 6.18. The molecule has 1 saturated carbocycles. The molecule has 0 spiro atoms. The fourth-order valence-corrected chi connectivity index (χ4v) is 3.49. The molecule has 1 aliphatic rings. The molecule has 6 heteroatoms. The first-order valence-corrected chi connectivity index (χ1v) is 7.50. The Kier molecular flexibility index (Phi) is 3.58. The third-order valence-corrected chi connectivity index (χ3v) is 4.67. The second-order valence-corrected chi connectivity index (χ2v) is 6.07. The van der Waals surface area contributed by atoms with Crippen molar-refractivity contribution in [2.24, 2.45) is 11.7 Å². The number of anilines is 1. The van der Waals surface area contributed by atoms with E-state index in [0.717, 1.165) is 35.2 Å². The lowest BCUT2D eigenvalue weighted by molar-refractivity contribution is -0.120. The molecule has 1 aromatic heterocycles. The van der Waals surface area contributed by atoms with E-state index in [9.17, 15) is 4.79 Å². The van der Waals surface area contributed by atoms with Crippen LogP contribution in [-0.2, 0) is 4.79 Å². The predicted molar refractivity (Wildman–Crippen MR) is 80.1 cm³/mol. The number of fused-ring (bicyclic) bond motifs is 1. The van der Waals surface area contributed by atoms with Crippen molar-refractivity contribution in [2.75, 3.05) is 12.4 Å². The molecule has 3 rings (SSSR count). The SMILES string of the molecule is COc1ccc2nc(NC(=O)C3CCCC3N)sc2c1. The van der Waals surface area contributed by atoms with Gasteiger partial charge in [-0.05, 0) is 31.0 Å². The maximum atomic E-state index is 12.2. The first kappa shape index (κ1) is 13.3. The molecule has 5 nitrogen and oxygen atoms in total. The number of benzene rings is 1. The van der Waals surface area contributed by atoms with Gasteiger partial charge in [-0.1, -0.05) is 17.8 Å². The van der Waals surface area contributed by atoms with Crippen molar-refractivity contribution in [1.82, 2.24) is 4.98 Å². The Bertz CT molecular complexity index is 640. The number of thiazole rings is 1. The van der Waals surface area contributed by atoms with Crippen LogP contribution in [0.1, 0.15) is 19.3 Å². The molecule has 20 heavy (non-hydrogen) atoms. The molecule has 2 unspecified atom stereocenters. The summed E-state index contributed by atoms with van der Waals surface area (Å²) in [6, 6.07) is 5.65. The van der Waals surface area contributed by atoms with Gasteiger partial charge in [-0.2, -0.15) is 0 Å². The summed E-state index contributed by atoms with van der Waals surface area (Å²) in [7, 11) is 1.63. The van der Waals surface area contributed by atoms with Crippen LogP contribution in [-0.4, -0.2) is 24.0 Å². The zero-order chi connectivity index (χ0) is 14.1. The van der Waals surface area contributed by atoms with Crippen molar-refractivity contribution >= 4 is 32.6 Å². The normalized spacial score (nSPS) is 22.1. The highest BCUT2D eigenvalue weighted by Crippen LogP contribution is 2.31. The van der Waals surface area contributed by atoms with Gasteiger partial charge >= 0.3 is 0 Å². The van der Waals surface area contributed by atoms with Crippen molar-refractivity contribution in [1.29, 1.82) is 0 Å². The largest absolute Gasteiger partial charge is 0.497 e. The standard InChI is InChI=1S/C14H17N3O2S/c1-19-8-5-6-11-12(7-8)20-14(16-11)17-13(18)9-3-2-4-10(9)15/h5-7,9-10H,2-4,15H2,1H3,(H,16,17,18). The number of nitrogens with one attached hydrogen (secondary N) is 1. The molecule has 1 aliphatic carbocycles. The fourth-order valence-electron chi connectivity index (χ4n) is 2.60. The molecule has 1 fully saturated rings. The fraction of sp³-hybridized carbons (Fsp3) is 0.429. The molecular formula is C14H17N3O2S. The van der Waals surface area contributed by atoms with Crippen LogP contribution in [0.25, 0.3) is 10.2 Å². The molecule has 2 aromatic rings. The zero-order valence-electron chi connectivity index (χ0n) is 11.3. The molecule has 1 heterocycles. The first-order valence-electron chi connectivity index (χ1n) is 6.68. The maximum Gasteiger partial charge on any atom is 0.230 e. The zero-order valence-corrected chi connectivity index (χ0v) is 12.1. The Hall–Kier alpha value is -1.66. The van der Waals surface area contributed by atoms with Crippen molar-refractivity contribution in [3.8, 4) is 5.75 Å². The average Bonchev–Trinajstić information content (AvgIpc) is 3.03. The Labute approximate surface area is 121 Å². The Morgan fingerprint density at radius 3 is 3.05 bits per heavy atom. The van der Waals surface area contributed by atoms with Gasteiger partial charge in [-0.3, -0.25) is 4.79 Å². The van der Waals surface area contributed by atoms with Crippen molar-refractivity contribution in [3.63, 3.8) is 0 Å². The number of amides is 1. The summed E-state index contributed by atoms with van der Waals surface area (Å²) in [6.07, 6.45) is 2.82. The third kappa shape index (κ3) is 2.48. The lowest BCUT2D eigenvalue weighted by Gasteiger charge is -2.13. The Morgan fingerprint density at radius 1 is 1.50 bits per heavy atom. The summed E-state index contributed by atoms with van der Waals surface area (Å²) >= 11 is 1.45. The summed E-state index contributed by atoms with van der Waals surface area (Å²) in [5.41, 5.74) is 6.81. The van der Waals surface area contributed by atoms with Gasteiger partial charge in [0.1, 0.15) is 5.75 Å². The van der Waals surface area contributed by atoms with Crippen LogP contribution in [0, 0.1) is 5.92 Å². The van der Waals surface area contributed by atoms with Crippen LogP contribution < -0.4 is 15.8 Å². The average molecular weight is 291 g/mol. The summed E-state index contributed by atoms with van der Waals surface area (Å²) in [4.78, 5) is 16.6. The molecule has 2 atom stereocenters. The number of carbonyl (C=O) groups is 1. The van der Waals surface area contributed by atoms with Gasteiger partial charge in [-0.25, -0.2) is 4.98 Å². The Morgan fingerprint density at radius 2 is 2.35 bits per heavy atom. The van der Waals surface area contributed by atoms with Crippen molar-refractivity contribution in [2.45, 2.75) is 25.3 Å². The molecule has 0 radical (unpaired) electrons. The lowest BCUT2D eigenvalue weighted by atomic mass is 10.0. The topological polar surface area (TPSA) is 77.2 Å². The number of hydrogen-bond donors (Lipinski definition) is 2. The van der Waals surface area contributed by atoms with Crippen LogP contribution in [0.4, 0.5) is 5.13 Å². The number of rotatable bonds is 3. The number of nitrogens with zero attached hydrogens (tertiary/aromatic N) is 1. The molecule has 3 N–H and O–H groups in total. The first-order chi connectivity index (χ1) is 9.67. The van der Waals surface area contributed by atoms with E-state index in [1.54, 1.807) is 7.11 Å². The number of hydrogen-bond acceptors (Lipinski definition) is 5. The minimum atomic E-state index is -0.0865. The lowest BCUT2D eigenvalue weighted by Crippen LogP contribution is -2.34. The van der Waals surface area contributed by atoms with E-state index in [0.29, 0.717) is 5.13 Å². The minimum absolute atomic E-state index is 0.0129. The van der Waals surface area contributed by atoms with Crippen LogP contribution >= 0.6 is 11.3 Å². The number of methoxy groups -OCH3 is 1. The molecule has 106 valence electrons. The van der Waals surface area contributed by atoms with Gasteiger partial charge in [0, 0.05) is 6.04 Å². The van der Waals surface area contributed by atoms with Gasteiger partial charge in [-0.15, -0.1) is 0 Å². The number of carbonyl (C=O) groups excluding carboxylic acids is 1. The quantitative estimate of drug-likeness (QED) is 0.910. The smallest absolute Gasteiger partial charge is 0.230 e. The Balaban J connectivity index is 1.78. The van der Waals surface area contributed by atoms with E-state index in [-0.39, 0.29) is 17.9 Å². The van der Waals surface area contributed by atoms with E-state index >= 15 is 0 Å². The molecule has 1 aromatic carbocycles. The van der Waals surface area contributed by atoms with E-state index < -0.39 is 0 Å². The van der Waals surface area contributed by atoms with Crippen LogP contribution in [0.2, 0.25) is 0 Å². The van der Waals surface area contributed by atoms with Gasteiger partial charge < -0.3 is 15.8 Å². The van der Waals surface area contributed by atoms with Gasteiger partial charge in [0.15, 0.2) is 5.13 Å². The summed E-state index contributed by atoms with van der Waals surface area (Å²) in [5, 5.41) is 3.51. The molecule has 0 aliphatic heterocycles. The van der Waals surface area contributed by atoms with Gasteiger partial charge in [0.2, 0.25) is 5.91 Å². The van der Waals surface area contributed by atoms with Crippen LogP contribution in [0.3, 0.4) is 0 Å². The van der Waals surface area contributed by atoms with Gasteiger partial charge in [0.05, 0.1) is 23.2 Å². The second-order valence-electron chi connectivity index (χ2n) is 5.04. The number of aromatic nitrogens is 1. The van der Waals surface area contributed by atoms with E-state index in [1.165, 1.54) is 11.3 Å². The van der Waals surface area contributed by atoms with Crippen molar-refractivity contribution in [3.05, 3.63) is 18.2 Å². The van der Waals surface area contributed by atoms with Gasteiger partial charge in [0.25, 0.3) is 0 Å². The van der Waals surface area contributed by atoms with Crippen LogP contribution in [0.15, 0.2) is 18.2 Å². The van der Waals surface area contributed by atoms with E-state index in [2.05, 4.69) is 10.3 Å². The minimum Gasteiger partial charge on any atom is -0.497 e. The van der Waals surface area contributed by atoms with Crippen LogP contribution in [0.5, 0.6) is 5.75 Å². The molecule has 0 bridgehead atoms.